The van der Waals surface area contributed by atoms with Gasteiger partial charge in [-0.25, -0.2) is 15.0 Å². The van der Waals surface area contributed by atoms with Crippen LogP contribution in [0.5, 0.6) is 0 Å². The Bertz CT molecular complexity index is 683. The summed E-state index contributed by atoms with van der Waals surface area (Å²) in [4.78, 5) is 25.1. The number of hydrogen-bond acceptors (Lipinski definition) is 5. The second-order valence-corrected chi connectivity index (χ2v) is 5.50. The van der Waals surface area contributed by atoms with Crippen LogP contribution in [-0.4, -0.2) is 26.1 Å². The summed E-state index contributed by atoms with van der Waals surface area (Å²) in [5.74, 6) is 1.38. The highest BCUT2D eigenvalue weighted by Gasteiger charge is 2.08. The van der Waals surface area contributed by atoms with Gasteiger partial charge in [-0.15, -0.1) is 0 Å². The lowest BCUT2D eigenvalue weighted by Gasteiger charge is -2.09. The lowest BCUT2D eigenvalue weighted by atomic mass is 10.4. The number of nitrogens with zero attached hydrogens (tertiary/aromatic N) is 4. The molecule has 7 heteroatoms. The van der Waals surface area contributed by atoms with Gasteiger partial charge in [0, 0.05) is 18.3 Å². The molecular formula is C13H16IN5O. The molecule has 0 aliphatic rings. The van der Waals surface area contributed by atoms with Crippen molar-refractivity contribution in [1.29, 1.82) is 0 Å². The Hall–Kier alpha value is -1.51. The molecule has 0 unspecified atom stereocenters. The lowest BCUT2D eigenvalue weighted by Crippen LogP contribution is -2.25. The molecule has 0 amide bonds. The molecule has 0 aromatic carbocycles. The number of nitrogens with one attached hydrogen (secondary N) is 1. The van der Waals surface area contributed by atoms with Crippen LogP contribution >= 0.6 is 22.6 Å². The Labute approximate surface area is 130 Å². The van der Waals surface area contributed by atoms with E-state index in [-0.39, 0.29) is 5.56 Å². The lowest BCUT2D eigenvalue weighted by molar-refractivity contribution is 0.685. The fraction of sp³-hybridized carbons (Fsp3) is 0.385. The smallest absolute Gasteiger partial charge is 0.267 e. The summed E-state index contributed by atoms with van der Waals surface area (Å²) in [5, 5.41) is 3.15. The summed E-state index contributed by atoms with van der Waals surface area (Å²) in [6.07, 6.45) is 1.54. The van der Waals surface area contributed by atoms with Crippen molar-refractivity contribution in [3.05, 3.63) is 43.5 Å². The van der Waals surface area contributed by atoms with E-state index in [1.165, 1.54) is 4.57 Å². The van der Waals surface area contributed by atoms with Crippen LogP contribution in [0.1, 0.15) is 24.1 Å². The maximum atomic E-state index is 12.1. The molecular weight excluding hydrogens is 369 g/mol. The highest BCUT2D eigenvalue weighted by molar-refractivity contribution is 14.1. The summed E-state index contributed by atoms with van der Waals surface area (Å²) in [6, 6.07) is 1.88. The first-order valence-electron chi connectivity index (χ1n) is 6.31. The minimum Gasteiger partial charge on any atom is -0.370 e. The van der Waals surface area contributed by atoms with Crippen molar-refractivity contribution in [2.45, 2.75) is 27.3 Å². The van der Waals surface area contributed by atoms with Crippen LogP contribution in [0.25, 0.3) is 0 Å². The van der Waals surface area contributed by atoms with E-state index in [2.05, 4.69) is 20.3 Å². The number of aromatic nitrogens is 4. The Morgan fingerprint density at radius 3 is 2.80 bits per heavy atom. The SMILES string of the molecule is CCNc1cc(C)nc(Cn2cnc(C)c(I)c2=O)n1. The molecule has 2 rings (SSSR count). The normalized spacial score (nSPS) is 10.6. The zero-order chi connectivity index (χ0) is 14.7. The van der Waals surface area contributed by atoms with Crippen molar-refractivity contribution >= 4 is 28.4 Å². The highest BCUT2D eigenvalue weighted by atomic mass is 127. The first-order chi connectivity index (χ1) is 9.51. The number of rotatable bonds is 4. The van der Waals surface area contributed by atoms with Crippen molar-refractivity contribution in [3.8, 4) is 0 Å². The van der Waals surface area contributed by atoms with E-state index in [0.717, 1.165) is 23.8 Å². The van der Waals surface area contributed by atoms with Crippen molar-refractivity contribution in [2.24, 2.45) is 0 Å². The number of hydrogen-bond donors (Lipinski definition) is 1. The molecule has 0 saturated heterocycles. The standard InChI is InChI=1S/C13H16IN5O/c1-4-15-10-5-8(2)17-11(18-10)6-19-7-16-9(3)12(14)13(19)20/h5,7H,4,6H2,1-3H3,(H,15,17,18). The van der Waals surface area contributed by atoms with Crippen LogP contribution < -0.4 is 10.9 Å². The Balaban J connectivity index is 2.35. The second-order valence-electron chi connectivity index (χ2n) is 4.42. The molecule has 0 fully saturated rings. The molecule has 0 radical (unpaired) electrons. The molecule has 2 heterocycles. The first kappa shape index (κ1) is 14.9. The van der Waals surface area contributed by atoms with Crippen LogP contribution in [0.4, 0.5) is 5.82 Å². The van der Waals surface area contributed by atoms with Gasteiger partial charge in [0.15, 0.2) is 5.82 Å². The number of aryl methyl sites for hydroxylation is 2. The van der Waals surface area contributed by atoms with Crippen LogP contribution in [0.2, 0.25) is 0 Å². The Morgan fingerprint density at radius 1 is 1.35 bits per heavy atom. The van der Waals surface area contributed by atoms with Gasteiger partial charge in [0.05, 0.1) is 22.1 Å². The fourth-order valence-electron chi connectivity index (χ4n) is 1.78. The fourth-order valence-corrected chi connectivity index (χ4v) is 2.23. The summed E-state index contributed by atoms with van der Waals surface area (Å²) in [6.45, 7) is 6.85. The van der Waals surface area contributed by atoms with E-state index in [1.54, 1.807) is 6.33 Å². The van der Waals surface area contributed by atoms with Gasteiger partial charge >= 0.3 is 0 Å². The Morgan fingerprint density at radius 2 is 2.10 bits per heavy atom. The van der Waals surface area contributed by atoms with E-state index < -0.39 is 0 Å². The zero-order valence-corrected chi connectivity index (χ0v) is 13.8. The van der Waals surface area contributed by atoms with Crippen molar-refractivity contribution in [1.82, 2.24) is 19.5 Å². The van der Waals surface area contributed by atoms with E-state index in [1.807, 2.05) is 49.4 Å². The summed E-state index contributed by atoms with van der Waals surface area (Å²) < 4.78 is 2.16. The third-order valence-electron chi connectivity index (χ3n) is 2.73. The summed E-state index contributed by atoms with van der Waals surface area (Å²) >= 11 is 2.01. The molecule has 106 valence electrons. The van der Waals surface area contributed by atoms with Crippen molar-refractivity contribution in [3.63, 3.8) is 0 Å². The van der Waals surface area contributed by atoms with Crippen molar-refractivity contribution < 1.29 is 0 Å². The molecule has 1 N–H and O–H groups in total. The predicted octanol–water partition coefficient (Wildman–Crippen LogP) is 1.73. The van der Waals surface area contributed by atoms with Gasteiger partial charge in [0.25, 0.3) is 5.56 Å². The maximum absolute atomic E-state index is 12.1. The first-order valence-corrected chi connectivity index (χ1v) is 7.39. The molecule has 0 spiro atoms. The summed E-state index contributed by atoms with van der Waals surface area (Å²) in [7, 11) is 0. The molecule has 20 heavy (non-hydrogen) atoms. The molecule has 0 aliphatic heterocycles. The van der Waals surface area contributed by atoms with Gasteiger partial charge in [-0.2, -0.15) is 0 Å². The quantitative estimate of drug-likeness (QED) is 0.812. The maximum Gasteiger partial charge on any atom is 0.267 e. The van der Waals surface area contributed by atoms with Crippen LogP contribution in [0.15, 0.2) is 17.2 Å². The van der Waals surface area contributed by atoms with E-state index >= 15 is 0 Å². The number of halogens is 1. The minimum absolute atomic E-state index is 0.0618. The van der Waals surface area contributed by atoms with Gasteiger partial charge in [-0.1, -0.05) is 0 Å². The molecule has 0 saturated carbocycles. The molecule has 0 atom stereocenters. The van der Waals surface area contributed by atoms with Crippen molar-refractivity contribution in [2.75, 3.05) is 11.9 Å². The Kier molecular flexibility index (Phi) is 4.69. The van der Waals surface area contributed by atoms with Gasteiger partial charge in [-0.05, 0) is 43.4 Å². The van der Waals surface area contributed by atoms with Gasteiger partial charge in [0.1, 0.15) is 5.82 Å². The largest absolute Gasteiger partial charge is 0.370 e. The molecule has 6 nitrogen and oxygen atoms in total. The van der Waals surface area contributed by atoms with Gasteiger partial charge < -0.3 is 5.32 Å². The summed E-state index contributed by atoms with van der Waals surface area (Å²) in [5.41, 5.74) is 1.55. The van der Waals surface area contributed by atoms with Crippen LogP contribution in [0, 0.1) is 17.4 Å². The van der Waals surface area contributed by atoms with E-state index in [4.69, 9.17) is 0 Å². The molecule has 0 aliphatic carbocycles. The molecule has 2 aromatic rings. The highest BCUT2D eigenvalue weighted by Crippen LogP contribution is 2.07. The number of anilines is 1. The predicted molar refractivity (Wildman–Crippen MR) is 86.0 cm³/mol. The molecule has 2 aromatic heterocycles. The zero-order valence-electron chi connectivity index (χ0n) is 11.6. The topological polar surface area (TPSA) is 72.7 Å². The molecule has 0 bridgehead atoms. The van der Waals surface area contributed by atoms with E-state index in [9.17, 15) is 4.79 Å². The third kappa shape index (κ3) is 3.33. The van der Waals surface area contributed by atoms with Gasteiger partial charge in [0.2, 0.25) is 0 Å². The van der Waals surface area contributed by atoms with E-state index in [0.29, 0.717) is 15.9 Å². The van der Waals surface area contributed by atoms with Crippen LogP contribution in [0.3, 0.4) is 0 Å². The average Bonchev–Trinajstić information content (AvgIpc) is 2.39. The van der Waals surface area contributed by atoms with Crippen LogP contribution in [-0.2, 0) is 6.54 Å². The average molecular weight is 385 g/mol. The monoisotopic (exact) mass is 385 g/mol. The van der Waals surface area contributed by atoms with Gasteiger partial charge in [-0.3, -0.25) is 9.36 Å². The second kappa shape index (κ2) is 6.29. The minimum atomic E-state index is -0.0618. The third-order valence-corrected chi connectivity index (χ3v) is 3.97.